The maximum atomic E-state index is 12.3. The summed E-state index contributed by atoms with van der Waals surface area (Å²) in [5.74, 6) is -0.0378. The Morgan fingerprint density at radius 2 is 2.04 bits per heavy atom. The van der Waals surface area contributed by atoms with Gasteiger partial charge in [-0.3, -0.25) is 14.8 Å². The van der Waals surface area contributed by atoms with Crippen LogP contribution in [0.25, 0.3) is 5.69 Å². The van der Waals surface area contributed by atoms with E-state index in [0.29, 0.717) is 24.6 Å². The van der Waals surface area contributed by atoms with Crippen LogP contribution in [0.2, 0.25) is 0 Å². The van der Waals surface area contributed by atoms with E-state index >= 15 is 0 Å². The minimum atomic E-state index is -0.743. The maximum absolute atomic E-state index is 12.3. The van der Waals surface area contributed by atoms with Crippen molar-refractivity contribution in [3.63, 3.8) is 0 Å². The Morgan fingerprint density at radius 1 is 1.31 bits per heavy atom. The van der Waals surface area contributed by atoms with E-state index < -0.39 is 17.1 Å². The number of aromatic amines is 1. The van der Waals surface area contributed by atoms with Crippen molar-refractivity contribution in [2.75, 3.05) is 33.8 Å². The number of quaternary nitrogens is 1. The lowest BCUT2D eigenvalue weighted by Gasteiger charge is -2.13. The zero-order valence-electron chi connectivity index (χ0n) is 15.3. The van der Waals surface area contributed by atoms with Gasteiger partial charge < -0.3 is 14.7 Å². The largest absolute Gasteiger partial charge is 0.493 e. The van der Waals surface area contributed by atoms with Crippen molar-refractivity contribution in [3.8, 4) is 17.3 Å². The lowest BCUT2D eigenvalue weighted by Crippen LogP contribution is -3.05. The summed E-state index contributed by atoms with van der Waals surface area (Å²) < 4.78 is 6.52. The molecule has 0 amide bonds. The van der Waals surface area contributed by atoms with Gasteiger partial charge in [0.2, 0.25) is 5.88 Å². The summed E-state index contributed by atoms with van der Waals surface area (Å²) in [5.41, 5.74) is -1.14. The van der Waals surface area contributed by atoms with Crippen molar-refractivity contribution < 1.29 is 14.7 Å². The lowest BCUT2D eigenvalue weighted by molar-refractivity contribution is -0.858. The second-order valence-electron chi connectivity index (χ2n) is 6.08. The van der Waals surface area contributed by atoms with Crippen molar-refractivity contribution in [2.24, 2.45) is 4.99 Å². The fraction of sp³-hybridized carbons (Fsp3) is 0.389. The fourth-order valence-corrected chi connectivity index (χ4v) is 2.48. The molecule has 0 aliphatic heterocycles. The Morgan fingerprint density at radius 3 is 2.73 bits per heavy atom. The van der Waals surface area contributed by atoms with Crippen LogP contribution >= 0.6 is 0 Å². The van der Waals surface area contributed by atoms with Gasteiger partial charge in [0.05, 0.1) is 32.9 Å². The summed E-state index contributed by atoms with van der Waals surface area (Å²) in [5, 5.41) is 10.5. The van der Waals surface area contributed by atoms with Crippen LogP contribution in [-0.4, -0.2) is 54.7 Å². The van der Waals surface area contributed by atoms with Crippen molar-refractivity contribution in [1.29, 1.82) is 0 Å². The van der Waals surface area contributed by atoms with E-state index in [2.05, 4.69) is 9.98 Å². The topological polar surface area (TPSA) is 101 Å². The van der Waals surface area contributed by atoms with Gasteiger partial charge >= 0.3 is 5.69 Å². The van der Waals surface area contributed by atoms with Crippen molar-refractivity contribution in [2.45, 2.75) is 13.3 Å². The summed E-state index contributed by atoms with van der Waals surface area (Å²) in [4.78, 5) is 32.1. The normalized spacial score (nSPS) is 11.4. The number of hydrogen-bond acceptors (Lipinski definition) is 5. The van der Waals surface area contributed by atoms with Gasteiger partial charge in [-0.15, -0.1) is 0 Å². The second kappa shape index (κ2) is 9.00. The number of hydrogen-bond donors (Lipinski definition) is 3. The summed E-state index contributed by atoms with van der Waals surface area (Å²) in [6.07, 6.45) is 2.16. The molecule has 26 heavy (non-hydrogen) atoms. The van der Waals surface area contributed by atoms with Gasteiger partial charge in [0.25, 0.3) is 5.56 Å². The number of rotatable bonds is 8. The number of nitrogens with zero attached hydrogens (tertiary/aromatic N) is 2. The number of benzene rings is 1. The molecule has 0 aliphatic rings. The third-order valence-electron chi connectivity index (χ3n) is 3.71. The molecular formula is C18H25N4O4+. The molecule has 8 heteroatoms. The molecule has 0 unspecified atom stereocenters. The van der Waals surface area contributed by atoms with Crippen molar-refractivity contribution in [1.82, 2.24) is 9.55 Å². The predicted molar refractivity (Wildman–Crippen MR) is 100 cm³/mol. The third kappa shape index (κ3) is 4.60. The van der Waals surface area contributed by atoms with Crippen LogP contribution in [0.1, 0.15) is 18.9 Å². The van der Waals surface area contributed by atoms with E-state index in [9.17, 15) is 14.7 Å². The molecule has 0 bridgehead atoms. The molecule has 0 aliphatic carbocycles. The maximum Gasteiger partial charge on any atom is 0.335 e. The van der Waals surface area contributed by atoms with E-state index in [1.54, 1.807) is 24.3 Å². The highest BCUT2D eigenvalue weighted by Crippen LogP contribution is 2.25. The van der Waals surface area contributed by atoms with Gasteiger partial charge in [-0.2, -0.15) is 0 Å². The summed E-state index contributed by atoms with van der Waals surface area (Å²) in [6.45, 7) is 3.69. The van der Waals surface area contributed by atoms with Gasteiger partial charge in [0.1, 0.15) is 11.3 Å². The molecule has 0 saturated carbocycles. The molecule has 0 radical (unpaired) electrons. The quantitative estimate of drug-likeness (QED) is 0.439. The molecule has 0 atom stereocenters. The van der Waals surface area contributed by atoms with Crippen LogP contribution in [0.15, 0.2) is 38.8 Å². The van der Waals surface area contributed by atoms with Crippen LogP contribution in [0.3, 0.4) is 0 Å². The van der Waals surface area contributed by atoms with E-state index in [-0.39, 0.29) is 5.56 Å². The number of aliphatic imine (C=N–C) groups is 1. The van der Waals surface area contributed by atoms with Crippen LogP contribution in [0.4, 0.5) is 0 Å². The SMILES string of the molecule is CCOc1ccccc1-n1c(O)c(C=NCCC[NH+](C)C)c(=O)[nH]c1=O. The molecule has 3 N–H and O–H groups in total. The van der Waals surface area contributed by atoms with E-state index in [1.807, 2.05) is 21.0 Å². The van der Waals surface area contributed by atoms with E-state index in [4.69, 9.17) is 4.74 Å². The molecule has 2 aromatic rings. The monoisotopic (exact) mass is 361 g/mol. The van der Waals surface area contributed by atoms with Crippen molar-refractivity contribution in [3.05, 3.63) is 50.7 Å². The number of aromatic hydroxyl groups is 1. The third-order valence-corrected chi connectivity index (χ3v) is 3.71. The Hall–Kier alpha value is -2.87. The Labute approximate surface area is 151 Å². The van der Waals surface area contributed by atoms with Crippen LogP contribution in [0, 0.1) is 0 Å². The first-order valence-electron chi connectivity index (χ1n) is 8.55. The van der Waals surface area contributed by atoms with Gasteiger partial charge in [0.15, 0.2) is 0 Å². The molecule has 140 valence electrons. The zero-order valence-corrected chi connectivity index (χ0v) is 15.3. The Bertz CT molecular complexity index is 883. The Balaban J connectivity index is 2.42. The lowest BCUT2D eigenvalue weighted by atomic mass is 10.2. The zero-order chi connectivity index (χ0) is 19.1. The molecular weight excluding hydrogens is 336 g/mol. The smallest absolute Gasteiger partial charge is 0.335 e. The molecule has 0 spiro atoms. The molecule has 1 aromatic carbocycles. The first-order chi connectivity index (χ1) is 12.5. The van der Waals surface area contributed by atoms with Crippen LogP contribution < -0.4 is 20.9 Å². The number of nitrogens with one attached hydrogen (secondary N) is 2. The second-order valence-corrected chi connectivity index (χ2v) is 6.08. The first kappa shape index (κ1) is 19.5. The summed E-state index contributed by atoms with van der Waals surface area (Å²) >= 11 is 0. The fourth-order valence-electron chi connectivity index (χ4n) is 2.48. The van der Waals surface area contributed by atoms with Gasteiger partial charge in [-0.05, 0) is 19.1 Å². The molecule has 1 heterocycles. The highest BCUT2D eigenvalue weighted by atomic mass is 16.5. The van der Waals surface area contributed by atoms with Crippen LogP contribution in [-0.2, 0) is 0 Å². The Kier molecular flexibility index (Phi) is 6.74. The molecule has 0 fully saturated rings. The van der Waals surface area contributed by atoms with Crippen LogP contribution in [0.5, 0.6) is 11.6 Å². The molecule has 1 aromatic heterocycles. The molecule has 2 rings (SSSR count). The highest BCUT2D eigenvalue weighted by molar-refractivity contribution is 5.82. The molecule has 8 nitrogen and oxygen atoms in total. The number of H-pyrrole nitrogens is 1. The number of ether oxygens (including phenoxy) is 1. The van der Waals surface area contributed by atoms with Gasteiger partial charge in [0, 0.05) is 19.2 Å². The highest BCUT2D eigenvalue weighted by Gasteiger charge is 2.16. The average Bonchev–Trinajstić information content (AvgIpc) is 2.58. The predicted octanol–water partition coefficient (Wildman–Crippen LogP) is -0.416. The number of aromatic nitrogens is 2. The number of para-hydroxylation sites is 2. The molecule has 0 saturated heterocycles. The summed E-state index contributed by atoms with van der Waals surface area (Å²) in [7, 11) is 4.10. The minimum Gasteiger partial charge on any atom is -0.493 e. The minimum absolute atomic E-state index is 0.0619. The summed E-state index contributed by atoms with van der Waals surface area (Å²) in [6, 6.07) is 6.79. The average molecular weight is 361 g/mol. The standard InChI is InChI=1S/C18H24N4O4/c1-4-26-15-9-6-5-8-14(15)22-17(24)13(16(23)20-18(22)25)12-19-10-7-11-21(2)3/h5-6,8-9,12,24H,4,7,10-11H2,1-3H3,(H,20,23,25)/p+1. The van der Waals surface area contributed by atoms with Gasteiger partial charge in [-0.25, -0.2) is 9.36 Å². The van der Waals surface area contributed by atoms with E-state index in [0.717, 1.165) is 17.5 Å². The van der Waals surface area contributed by atoms with Crippen molar-refractivity contribution >= 4 is 6.21 Å². The first-order valence-corrected chi connectivity index (χ1v) is 8.55. The van der Waals surface area contributed by atoms with E-state index in [1.165, 1.54) is 11.1 Å². The van der Waals surface area contributed by atoms with Gasteiger partial charge in [-0.1, -0.05) is 12.1 Å².